The number of rotatable bonds is 9. The van der Waals surface area contributed by atoms with Gasteiger partial charge in [-0.3, -0.25) is 4.79 Å². The Morgan fingerprint density at radius 2 is 1.73 bits per heavy atom. The molecule has 0 unspecified atom stereocenters. The summed E-state index contributed by atoms with van der Waals surface area (Å²) in [6.07, 6.45) is 1.61. The third-order valence-electron chi connectivity index (χ3n) is 7.46. The fourth-order valence-electron chi connectivity index (χ4n) is 5.45. The highest BCUT2D eigenvalue weighted by atomic mass is 35.5. The van der Waals surface area contributed by atoms with Crippen LogP contribution >= 0.6 is 11.6 Å². The Labute approximate surface area is 236 Å². The Balaban J connectivity index is 1.16. The van der Waals surface area contributed by atoms with Crippen molar-refractivity contribution in [3.63, 3.8) is 0 Å². The van der Waals surface area contributed by atoms with Gasteiger partial charge in [-0.15, -0.1) is 13.2 Å². The number of ketones is 1. The third kappa shape index (κ3) is 6.61. The number of alkyl halides is 3. The second-order valence-corrected chi connectivity index (χ2v) is 10.7. The molecule has 5 nitrogen and oxygen atoms in total. The number of nitrogens with zero attached hydrogens (tertiary/aromatic N) is 3. The van der Waals surface area contributed by atoms with E-state index in [9.17, 15) is 18.0 Å². The molecule has 1 fully saturated rings. The van der Waals surface area contributed by atoms with E-state index in [0.29, 0.717) is 29.3 Å². The van der Waals surface area contributed by atoms with Crippen molar-refractivity contribution in [2.24, 2.45) is 0 Å². The maximum atomic E-state index is 13.3. The Bertz CT molecular complexity index is 1460. The monoisotopic (exact) mass is 569 g/mol. The van der Waals surface area contributed by atoms with E-state index >= 15 is 0 Å². The molecule has 0 atom stereocenters. The molecule has 0 amide bonds. The maximum Gasteiger partial charge on any atom is 0.573 e. The maximum absolute atomic E-state index is 13.3. The van der Waals surface area contributed by atoms with Gasteiger partial charge in [-0.1, -0.05) is 49.2 Å². The number of hydrogen-bond acceptors (Lipinski definition) is 4. The molecule has 0 bridgehead atoms. The summed E-state index contributed by atoms with van der Waals surface area (Å²) < 4.78 is 43.0. The van der Waals surface area contributed by atoms with Gasteiger partial charge in [-0.05, 0) is 79.1 Å². The van der Waals surface area contributed by atoms with Crippen molar-refractivity contribution >= 4 is 28.6 Å². The minimum absolute atomic E-state index is 0.0740. The van der Waals surface area contributed by atoms with E-state index in [4.69, 9.17) is 11.6 Å². The predicted octanol–water partition coefficient (Wildman–Crippen LogP) is 8.04. The first-order valence-corrected chi connectivity index (χ1v) is 14.0. The normalized spacial score (nSPS) is 14.6. The van der Waals surface area contributed by atoms with Gasteiger partial charge in [0, 0.05) is 36.4 Å². The Kier molecular flexibility index (Phi) is 8.35. The van der Waals surface area contributed by atoms with E-state index in [-0.39, 0.29) is 11.5 Å². The van der Waals surface area contributed by atoms with E-state index in [1.807, 2.05) is 0 Å². The predicted molar refractivity (Wildman–Crippen MR) is 151 cm³/mol. The van der Waals surface area contributed by atoms with Crippen LogP contribution in [-0.4, -0.2) is 34.8 Å². The first-order chi connectivity index (χ1) is 19.2. The lowest BCUT2D eigenvalue weighted by Crippen LogP contribution is -2.32. The molecule has 1 saturated heterocycles. The number of Topliss-reactive ketones (excluding diaryl/α,β-unsaturated/α-hetero) is 1. The van der Waals surface area contributed by atoms with Gasteiger partial charge in [0.05, 0.1) is 16.8 Å². The van der Waals surface area contributed by atoms with E-state index in [0.717, 1.165) is 66.8 Å². The number of carbonyl (C=O) groups excluding carboxylic acids is 1. The van der Waals surface area contributed by atoms with Gasteiger partial charge in [-0.25, -0.2) is 4.52 Å². The van der Waals surface area contributed by atoms with Crippen molar-refractivity contribution in [1.29, 1.82) is 0 Å². The number of pyridine rings is 1. The van der Waals surface area contributed by atoms with Gasteiger partial charge in [0.1, 0.15) is 5.75 Å². The quantitative estimate of drug-likeness (QED) is 0.191. The van der Waals surface area contributed by atoms with Crippen LogP contribution in [0.15, 0.2) is 66.9 Å². The second-order valence-electron chi connectivity index (χ2n) is 10.2. The fraction of sp³-hybridized carbons (Fsp3) is 0.355. The molecule has 1 aliphatic heterocycles. The van der Waals surface area contributed by atoms with Gasteiger partial charge in [0.2, 0.25) is 0 Å². The molecule has 5 rings (SSSR count). The van der Waals surface area contributed by atoms with Crippen molar-refractivity contribution < 1.29 is 22.7 Å². The zero-order valence-electron chi connectivity index (χ0n) is 22.3. The molecule has 0 saturated carbocycles. The van der Waals surface area contributed by atoms with Crippen molar-refractivity contribution in [3.05, 3.63) is 94.3 Å². The van der Waals surface area contributed by atoms with Crippen LogP contribution in [0.5, 0.6) is 5.75 Å². The van der Waals surface area contributed by atoms with Gasteiger partial charge in [0.15, 0.2) is 5.78 Å². The largest absolute Gasteiger partial charge is 0.573 e. The van der Waals surface area contributed by atoms with Crippen molar-refractivity contribution in [2.45, 2.75) is 57.7 Å². The standard InChI is InChI=1S/C31H31ClF3N3O2/c1-2-3-27-30(28-20-24(32)16-19-38(28)36-27)29(39)13-6-21-4-9-25(10-5-21)37-17-14-23(15-18-37)22-7-11-26(12-8-22)40-31(33,34)35/h4-5,7-12,16,19-20,23H,2-3,6,13-15,17-18H2,1H3. The number of hydrogen-bond donors (Lipinski definition) is 0. The van der Waals surface area contributed by atoms with Crippen LogP contribution in [-0.2, 0) is 12.8 Å². The average Bonchev–Trinajstić information content (AvgIpc) is 3.29. The van der Waals surface area contributed by atoms with Crippen molar-refractivity contribution in [2.75, 3.05) is 18.0 Å². The highest BCUT2D eigenvalue weighted by Gasteiger charge is 2.31. The molecule has 0 N–H and O–H groups in total. The number of carbonyl (C=O) groups is 1. The zero-order valence-corrected chi connectivity index (χ0v) is 23.0. The molecule has 9 heteroatoms. The van der Waals surface area contributed by atoms with E-state index < -0.39 is 6.36 Å². The number of aryl methyl sites for hydroxylation is 2. The molecule has 40 heavy (non-hydrogen) atoms. The van der Waals surface area contributed by atoms with Crippen LogP contribution in [0.4, 0.5) is 18.9 Å². The summed E-state index contributed by atoms with van der Waals surface area (Å²) in [4.78, 5) is 15.6. The van der Waals surface area contributed by atoms with Gasteiger partial charge >= 0.3 is 6.36 Å². The lowest BCUT2D eigenvalue weighted by Gasteiger charge is -2.34. The lowest BCUT2D eigenvalue weighted by atomic mass is 9.89. The van der Waals surface area contributed by atoms with E-state index in [2.05, 4.69) is 45.9 Å². The van der Waals surface area contributed by atoms with Crippen LogP contribution in [0.2, 0.25) is 5.02 Å². The van der Waals surface area contributed by atoms with Crippen LogP contribution in [0.3, 0.4) is 0 Å². The van der Waals surface area contributed by atoms with Crippen LogP contribution in [0.25, 0.3) is 5.52 Å². The van der Waals surface area contributed by atoms with Gasteiger partial charge < -0.3 is 9.64 Å². The molecular weight excluding hydrogens is 539 g/mol. The average molecular weight is 570 g/mol. The molecular formula is C31H31ClF3N3O2. The smallest absolute Gasteiger partial charge is 0.406 e. The molecule has 3 heterocycles. The fourth-order valence-corrected chi connectivity index (χ4v) is 5.61. The molecule has 4 aromatic rings. The number of anilines is 1. The first-order valence-electron chi connectivity index (χ1n) is 13.6. The molecule has 0 radical (unpaired) electrons. The number of piperidine rings is 1. The summed E-state index contributed by atoms with van der Waals surface area (Å²) in [5.41, 5.74) is 5.50. The number of benzene rings is 2. The summed E-state index contributed by atoms with van der Waals surface area (Å²) in [6, 6.07) is 18.1. The summed E-state index contributed by atoms with van der Waals surface area (Å²) in [6.45, 7) is 3.80. The second kappa shape index (κ2) is 11.9. The first kappa shape index (κ1) is 28.0. The Morgan fingerprint density at radius 1 is 1.02 bits per heavy atom. The Hall–Kier alpha value is -3.52. The van der Waals surface area contributed by atoms with Crippen LogP contribution < -0.4 is 9.64 Å². The van der Waals surface area contributed by atoms with Gasteiger partial charge in [0.25, 0.3) is 0 Å². The molecule has 2 aromatic carbocycles. The highest BCUT2D eigenvalue weighted by molar-refractivity contribution is 6.31. The summed E-state index contributed by atoms with van der Waals surface area (Å²) in [5, 5.41) is 5.19. The molecule has 0 spiro atoms. The van der Waals surface area contributed by atoms with Crippen LogP contribution in [0.1, 0.15) is 65.7 Å². The minimum atomic E-state index is -4.68. The molecule has 0 aliphatic carbocycles. The summed E-state index contributed by atoms with van der Waals surface area (Å²) >= 11 is 6.20. The van der Waals surface area contributed by atoms with Crippen molar-refractivity contribution in [1.82, 2.24) is 9.61 Å². The summed E-state index contributed by atoms with van der Waals surface area (Å²) in [7, 11) is 0. The lowest BCUT2D eigenvalue weighted by molar-refractivity contribution is -0.274. The third-order valence-corrected chi connectivity index (χ3v) is 7.69. The van der Waals surface area contributed by atoms with Crippen molar-refractivity contribution in [3.8, 4) is 5.75 Å². The zero-order chi connectivity index (χ0) is 28.3. The van der Waals surface area contributed by atoms with Crippen LogP contribution in [0, 0.1) is 0 Å². The topological polar surface area (TPSA) is 46.8 Å². The van der Waals surface area contributed by atoms with E-state index in [1.54, 1.807) is 35.0 Å². The highest BCUT2D eigenvalue weighted by Crippen LogP contribution is 2.32. The molecule has 1 aliphatic rings. The number of fused-ring (bicyclic) bond motifs is 1. The minimum Gasteiger partial charge on any atom is -0.406 e. The number of ether oxygens (including phenoxy) is 1. The Morgan fingerprint density at radius 3 is 2.38 bits per heavy atom. The van der Waals surface area contributed by atoms with Gasteiger partial charge in [-0.2, -0.15) is 5.10 Å². The van der Waals surface area contributed by atoms with E-state index in [1.165, 1.54) is 12.1 Å². The number of halogens is 4. The number of aromatic nitrogens is 2. The summed E-state index contributed by atoms with van der Waals surface area (Å²) in [5.74, 6) is 0.179. The molecule has 210 valence electrons. The molecule has 2 aromatic heterocycles. The SMILES string of the molecule is CCCc1nn2ccc(Cl)cc2c1C(=O)CCc1ccc(N2CCC(c3ccc(OC(F)(F)F)cc3)CC2)cc1.